The predicted octanol–water partition coefficient (Wildman–Crippen LogP) is 5.28. The van der Waals surface area contributed by atoms with Crippen molar-refractivity contribution in [2.45, 2.75) is 4.90 Å². The highest BCUT2D eigenvalue weighted by Gasteiger charge is 2.07. The number of carbonyl (C=O) groups is 1. The second-order valence-corrected chi connectivity index (χ2v) is 8.11. The molecule has 0 radical (unpaired) electrons. The highest BCUT2D eigenvalue weighted by molar-refractivity contribution is 9.10. The molecule has 0 amide bonds. The molecule has 0 spiro atoms. The van der Waals surface area contributed by atoms with Crippen molar-refractivity contribution in [3.05, 3.63) is 63.9 Å². The molecule has 1 aromatic heterocycles. The normalized spacial score (nSPS) is 10.9. The first-order valence-electron chi connectivity index (χ1n) is 7.95. The second-order valence-electron chi connectivity index (χ2n) is 5.32. The Morgan fingerprint density at radius 3 is 2.93 bits per heavy atom. The molecule has 27 heavy (non-hydrogen) atoms. The molecule has 1 heterocycles. The molecular weight excluding hydrogens is 446 g/mol. The molecule has 3 rings (SSSR count). The molecule has 3 aromatic rings. The number of methoxy groups -OCH3 is 1. The fourth-order valence-corrected chi connectivity index (χ4v) is 4.23. The Hall–Kier alpha value is -2.16. The smallest absolute Gasteiger partial charge is 0.315 e. The minimum atomic E-state index is -0.266. The van der Waals surface area contributed by atoms with Crippen molar-refractivity contribution in [1.82, 2.24) is 4.98 Å². The average molecular weight is 462 g/mol. The summed E-state index contributed by atoms with van der Waals surface area (Å²) in [6, 6.07) is 15.8. The Morgan fingerprint density at radius 2 is 2.15 bits per heavy atom. The van der Waals surface area contributed by atoms with Gasteiger partial charge in [-0.3, -0.25) is 10.2 Å². The SMILES string of the molecule is COC(=O)CSc1cc(Br)ccc1C=NNc1nc(-c2ccccc2)cs1. The summed E-state index contributed by atoms with van der Waals surface area (Å²) in [4.78, 5) is 16.9. The van der Waals surface area contributed by atoms with E-state index in [1.807, 2.05) is 53.9 Å². The number of esters is 1. The molecule has 5 nitrogen and oxygen atoms in total. The molecule has 0 aliphatic carbocycles. The Labute approximate surface area is 174 Å². The number of anilines is 1. The van der Waals surface area contributed by atoms with Crippen LogP contribution in [0.1, 0.15) is 5.56 Å². The lowest BCUT2D eigenvalue weighted by Crippen LogP contribution is -2.03. The molecule has 0 fully saturated rings. The van der Waals surface area contributed by atoms with Crippen molar-refractivity contribution in [3.63, 3.8) is 0 Å². The summed E-state index contributed by atoms with van der Waals surface area (Å²) in [6.45, 7) is 0. The molecule has 0 bridgehead atoms. The van der Waals surface area contributed by atoms with E-state index in [-0.39, 0.29) is 11.7 Å². The van der Waals surface area contributed by atoms with E-state index in [1.165, 1.54) is 30.2 Å². The van der Waals surface area contributed by atoms with Crippen molar-refractivity contribution in [3.8, 4) is 11.3 Å². The van der Waals surface area contributed by atoms with Crippen LogP contribution in [-0.4, -0.2) is 30.0 Å². The Bertz CT molecular complexity index is 945. The van der Waals surface area contributed by atoms with Gasteiger partial charge < -0.3 is 4.74 Å². The molecule has 0 atom stereocenters. The summed E-state index contributed by atoms with van der Waals surface area (Å²) in [5.74, 6) is -0.0223. The molecular formula is C19H16BrN3O2S2. The maximum absolute atomic E-state index is 11.4. The highest BCUT2D eigenvalue weighted by Crippen LogP contribution is 2.27. The Balaban J connectivity index is 1.68. The number of aromatic nitrogens is 1. The fraction of sp³-hybridized carbons (Fsp3) is 0.105. The van der Waals surface area contributed by atoms with Crippen LogP contribution in [0.3, 0.4) is 0 Å². The van der Waals surface area contributed by atoms with E-state index in [2.05, 4.69) is 31.4 Å². The minimum Gasteiger partial charge on any atom is -0.468 e. The van der Waals surface area contributed by atoms with E-state index >= 15 is 0 Å². The quantitative estimate of drug-likeness (QED) is 0.224. The van der Waals surface area contributed by atoms with Crippen LogP contribution in [0, 0.1) is 0 Å². The second kappa shape index (κ2) is 9.68. The van der Waals surface area contributed by atoms with E-state index in [0.717, 1.165) is 26.2 Å². The van der Waals surface area contributed by atoms with Gasteiger partial charge >= 0.3 is 5.97 Å². The summed E-state index contributed by atoms with van der Waals surface area (Å²) in [7, 11) is 1.38. The Kier molecular flexibility index (Phi) is 7.03. The third-order valence-electron chi connectivity index (χ3n) is 3.49. The number of hydrogen-bond donors (Lipinski definition) is 1. The summed E-state index contributed by atoms with van der Waals surface area (Å²) in [5, 5.41) is 6.99. The van der Waals surface area contributed by atoms with Crippen molar-refractivity contribution >= 4 is 56.3 Å². The number of thioether (sulfide) groups is 1. The first-order valence-corrected chi connectivity index (χ1v) is 10.6. The summed E-state index contributed by atoms with van der Waals surface area (Å²) in [5.41, 5.74) is 5.85. The van der Waals surface area contributed by atoms with Gasteiger partial charge in [0, 0.05) is 25.9 Å². The van der Waals surface area contributed by atoms with Gasteiger partial charge in [0.25, 0.3) is 0 Å². The zero-order valence-electron chi connectivity index (χ0n) is 14.4. The van der Waals surface area contributed by atoms with Gasteiger partial charge in [0.15, 0.2) is 0 Å². The first kappa shape index (κ1) is 19.6. The van der Waals surface area contributed by atoms with E-state index < -0.39 is 0 Å². The van der Waals surface area contributed by atoms with Crippen LogP contribution in [0.15, 0.2) is 68.4 Å². The van der Waals surface area contributed by atoms with E-state index in [1.54, 1.807) is 6.21 Å². The predicted molar refractivity (Wildman–Crippen MR) is 116 cm³/mol. The topological polar surface area (TPSA) is 63.6 Å². The number of nitrogens with zero attached hydrogens (tertiary/aromatic N) is 2. The zero-order valence-corrected chi connectivity index (χ0v) is 17.6. The van der Waals surface area contributed by atoms with Crippen LogP contribution in [0.2, 0.25) is 0 Å². The van der Waals surface area contributed by atoms with Gasteiger partial charge in [-0.25, -0.2) is 4.98 Å². The molecule has 0 saturated carbocycles. The number of ether oxygens (including phenoxy) is 1. The minimum absolute atomic E-state index is 0.244. The summed E-state index contributed by atoms with van der Waals surface area (Å²) < 4.78 is 5.63. The van der Waals surface area contributed by atoms with Gasteiger partial charge in [-0.2, -0.15) is 5.10 Å². The number of carbonyl (C=O) groups excluding carboxylic acids is 1. The van der Waals surface area contributed by atoms with E-state index in [0.29, 0.717) is 5.13 Å². The number of hydrogen-bond acceptors (Lipinski definition) is 7. The van der Waals surface area contributed by atoms with Crippen molar-refractivity contribution in [2.75, 3.05) is 18.3 Å². The van der Waals surface area contributed by atoms with E-state index in [4.69, 9.17) is 4.74 Å². The van der Waals surface area contributed by atoms with Crippen LogP contribution < -0.4 is 5.43 Å². The van der Waals surface area contributed by atoms with Crippen LogP contribution >= 0.6 is 39.0 Å². The third kappa shape index (κ3) is 5.66. The van der Waals surface area contributed by atoms with E-state index in [9.17, 15) is 4.79 Å². The maximum Gasteiger partial charge on any atom is 0.315 e. The van der Waals surface area contributed by atoms with Crippen LogP contribution in [0.5, 0.6) is 0 Å². The standard InChI is InChI=1S/C19H16BrN3O2S2/c1-25-18(24)12-26-17-9-15(20)8-7-14(17)10-21-23-19-22-16(11-27-19)13-5-3-2-4-6-13/h2-11H,12H2,1H3,(H,22,23). The van der Waals surface area contributed by atoms with Gasteiger partial charge in [-0.05, 0) is 12.1 Å². The lowest BCUT2D eigenvalue weighted by Gasteiger charge is -2.05. The molecule has 2 aromatic carbocycles. The molecule has 1 N–H and O–H groups in total. The largest absolute Gasteiger partial charge is 0.468 e. The number of nitrogens with one attached hydrogen (secondary N) is 1. The first-order chi connectivity index (χ1) is 13.2. The van der Waals surface area contributed by atoms with Crippen molar-refractivity contribution < 1.29 is 9.53 Å². The monoisotopic (exact) mass is 461 g/mol. The number of benzene rings is 2. The van der Waals surface area contributed by atoms with Gasteiger partial charge in [-0.15, -0.1) is 23.1 Å². The zero-order chi connectivity index (χ0) is 19.1. The van der Waals surface area contributed by atoms with Gasteiger partial charge in [0.05, 0.1) is 24.8 Å². The van der Waals surface area contributed by atoms with Crippen LogP contribution in [0.4, 0.5) is 5.13 Å². The fourth-order valence-electron chi connectivity index (χ4n) is 2.16. The lowest BCUT2D eigenvalue weighted by molar-refractivity contribution is -0.137. The molecule has 8 heteroatoms. The highest BCUT2D eigenvalue weighted by atomic mass is 79.9. The van der Waals surface area contributed by atoms with Crippen molar-refractivity contribution in [1.29, 1.82) is 0 Å². The third-order valence-corrected chi connectivity index (χ3v) is 5.77. The molecule has 138 valence electrons. The maximum atomic E-state index is 11.4. The lowest BCUT2D eigenvalue weighted by atomic mass is 10.2. The van der Waals surface area contributed by atoms with Crippen molar-refractivity contribution in [2.24, 2.45) is 5.10 Å². The van der Waals surface area contributed by atoms with Crippen LogP contribution in [0.25, 0.3) is 11.3 Å². The summed E-state index contributed by atoms with van der Waals surface area (Å²) in [6.07, 6.45) is 1.72. The number of halogens is 1. The van der Waals surface area contributed by atoms with Gasteiger partial charge in [0.2, 0.25) is 5.13 Å². The molecule has 0 aliphatic rings. The number of thiazole rings is 1. The molecule has 0 aliphatic heterocycles. The average Bonchev–Trinajstić information content (AvgIpc) is 3.17. The van der Waals surface area contributed by atoms with Gasteiger partial charge in [-0.1, -0.05) is 52.3 Å². The Morgan fingerprint density at radius 1 is 1.33 bits per heavy atom. The molecule has 0 unspecified atom stereocenters. The van der Waals surface area contributed by atoms with Gasteiger partial charge in [0.1, 0.15) is 0 Å². The van der Waals surface area contributed by atoms with Crippen LogP contribution in [-0.2, 0) is 9.53 Å². The number of hydrazone groups is 1. The molecule has 0 saturated heterocycles. The number of rotatable bonds is 7. The summed E-state index contributed by atoms with van der Waals surface area (Å²) >= 11 is 6.35.